The van der Waals surface area contributed by atoms with Crippen molar-refractivity contribution in [2.75, 3.05) is 20.1 Å². The van der Waals surface area contributed by atoms with E-state index in [9.17, 15) is 4.39 Å². The van der Waals surface area contributed by atoms with Gasteiger partial charge in [-0.25, -0.2) is 9.37 Å². The molecule has 2 nitrogen and oxygen atoms in total. The number of likely N-dealkylation sites (tertiary alicyclic amines) is 1. The average Bonchev–Trinajstić information content (AvgIpc) is 2.27. The Morgan fingerprint density at radius 3 is 2.69 bits per heavy atom. The van der Waals surface area contributed by atoms with Crippen molar-refractivity contribution in [3.63, 3.8) is 0 Å². The lowest BCUT2D eigenvalue weighted by Gasteiger charge is -2.34. The van der Waals surface area contributed by atoms with Gasteiger partial charge in [0.05, 0.1) is 0 Å². The number of rotatable bonds is 2. The van der Waals surface area contributed by atoms with E-state index in [4.69, 9.17) is 11.6 Å². The first kappa shape index (κ1) is 11.8. The largest absolute Gasteiger partial charge is 0.306 e. The molecule has 1 fully saturated rings. The summed E-state index contributed by atoms with van der Waals surface area (Å²) >= 11 is 5.70. The van der Waals surface area contributed by atoms with Crippen LogP contribution in [0.25, 0.3) is 0 Å². The minimum atomic E-state index is -1.07. The Hall–Kier alpha value is -0.670. The Morgan fingerprint density at radius 1 is 1.44 bits per heavy atom. The van der Waals surface area contributed by atoms with E-state index in [-0.39, 0.29) is 0 Å². The van der Waals surface area contributed by atoms with E-state index in [1.807, 2.05) is 13.1 Å². The zero-order valence-electron chi connectivity index (χ0n) is 9.42. The minimum Gasteiger partial charge on any atom is -0.306 e. The van der Waals surface area contributed by atoms with Gasteiger partial charge in [0.2, 0.25) is 0 Å². The van der Waals surface area contributed by atoms with E-state index in [2.05, 4.69) is 9.88 Å². The first-order valence-electron chi connectivity index (χ1n) is 5.55. The lowest BCUT2D eigenvalue weighted by molar-refractivity contribution is 0.0697. The minimum absolute atomic E-state index is 0.449. The fourth-order valence-electron chi connectivity index (χ4n) is 2.07. The Bertz CT molecular complexity index is 345. The number of hydrogen-bond donors (Lipinski definition) is 0. The molecule has 0 bridgehead atoms. The molecule has 16 heavy (non-hydrogen) atoms. The third-order valence-corrected chi connectivity index (χ3v) is 3.42. The molecule has 1 aromatic heterocycles. The Kier molecular flexibility index (Phi) is 3.45. The number of hydrogen-bond acceptors (Lipinski definition) is 2. The van der Waals surface area contributed by atoms with Crippen LogP contribution in [0.15, 0.2) is 18.3 Å². The van der Waals surface area contributed by atoms with E-state index in [1.54, 1.807) is 12.3 Å². The zero-order valence-corrected chi connectivity index (χ0v) is 10.2. The number of nitrogens with zero attached hydrogens (tertiary/aromatic N) is 2. The van der Waals surface area contributed by atoms with Crippen LogP contribution in [0.3, 0.4) is 0 Å². The van der Waals surface area contributed by atoms with Gasteiger partial charge in [0.15, 0.2) is 0 Å². The highest BCUT2D eigenvalue weighted by Crippen LogP contribution is 2.29. The van der Waals surface area contributed by atoms with Gasteiger partial charge in [-0.05, 0) is 31.5 Å². The fourth-order valence-corrected chi connectivity index (χ4v) is 2.18. The first-order valence-corrected chi connectivity index (χ1v) is 5.93. The van der Waals surface area contributed by atoms with Gasteiger partial charge >= 0.3 is 0 Å². The van der Waals surface area contributed by atoms with Gasteiger partial charge in [-0.2, -0.15) is 0 Å². The second kappa shape index (κ2) is 4.68. The summed E-state index contributed by atoms with van der Waals surface area (Å²) in [6.45, 7) is 1.66. The summed E-state index contributed by atoms with van der Waals surface area (Å²) in [4.78, 5) is 6.14. The molecule has 0 amide bonds. The van der Waals surface area contributed by atoms with Gasteiger partial charge in [-0.1, -0.05) is 17.7 Å². The molecular formula is C12H16ClFN2. The molecule has 0 radical (unpaired) electrons. The summed E-state index contributed by atoms with van der Waals surface area (Å²) in [7, 11) is 2.03. The molecule has 1 saturated heterocycles. The van der Waals surface area contributed by atoms with Crippen LogP contribution >= 0.6 is 11.6 Å². The van der Waals surface area contributed by atoms with Gasteiger partial charge in [-0.15, -0.1) is 0 Å². The van der Waals surface area contributed by atoms with Gasteiger partial charge in [0.1, 0.15) is 10.8 Å². The van der Waals surface area contributed by atoms with E-state index < -0.39 is 5.67 Å². The third-order valence-electron chi connectivity index (χ3n) is 3.19. The predicted molar refractivity (Wildman–Crippen MR) is 63.5 cm³/mol. The molecule has 2 heterocycles. The van der Waals surface area contributed by atoms with Crippen molar-refractivity contribution in [1.82, 2.24) is 9.88 Å². The summed E-state index contributed by atoms with van der Waals surface area (Å²) in [5.74, 6) is 0. The third kappa shape index (κ3) is 2.92. The molecule has 4 heteroatoms. The average molecular weight is 243 g/mol. The molecule has 1 aliphatic rings. The zero-order chi connectivity index (χ0) is 11.6. The van der Waals surface area contributed by atoms with Gasteiger partial charge in [-0.3, -0.25) is 0 Å². The van der Waals surface area contributed by atoms with Crippen LogP contribution in [0.1, 0.15) is 18.4 Å². The molecule has 0 atom stereocenters. The lowest BCUT2D eigenvalue weighted by atomic mass is 9.88. The van der Waals surface area contributed by atoms with Crippen molar-refractivity contribution in [3.05, 3.63) is 29.0 Å². The molecular weight excluding hydrogens is 227 g/mol. The number of halogens is 2. The van der Waals surface area contributed by atoms with E-state index in [1.165, 1.54) is 0 Å². The highest BCUT2D eigenvalue weighted by Gasteiger charge is 2.33. The molecule has 0 unspecified atom stereocenters. The topological polar surface area (TPSA) is 16.1 Å². The molecule has 0 saturated carbocycles. The number of piperidine rings is 1. The Labute approximate surface area is 100 Å². The summed E-state index contributed by atoms with van der Waals surface area (Å²) in [5, 5.41) is 0.458. The molecule has 2 rings (SSSR count). The van der Waals surface area contributed by atoms with Crippen LogP contribution in [0.4, 0.5) is 4.39 Å². The van der Waals surface area contributed by atoms with Crippen molar-refractivity contribution in [2.45, 2.75) is 24.9 Å². The predicted octanol–water partition coefficient (Wildman–Crippen LogP) is 2.71. The van der Waals surface area contributed by atoms with Crippen LogP contribution in [0.5, 0.6) is 0 Å². The SMILES string of the molecule is CN1CCC(F)(Cc2ccc(Cl)nc2)CC1. The van der Waals surface area contributed by atoms with Crippen molar-refractivity contribution >= 4 is 11.6 Å². The molecule has 0 spiro atoms. The highest BCUT2D eigenvalue weighted by molar-refractivity contribution is 6.29. The van der Waals surface area contributed by atoms with Crippen molar-refractivity contribution < 1.29 is 4.39 Å². The number of pyridine rings is 1. The monoisotopic (exact) mass is 242 g/mol. The summed E-state index contributed by atoms with van der Waals surface area (Å²) in [6.07, 6.45) is 3.32. The number of aromatic nitrogens is 1. The van der Waals surface area contributed by atoms with Crippen molar-refractivity contribution in [3.8, 4) is 0 Å². The van der Waals surface area contributed by atoms with Crippen LogP contribution in [-0.2, 0) is 6.42 Å². The lowest BCUT2D eigenvalue weighted by Crippen LogP contribution is -2.41. The molecule has 1 aliphatic heterocycles. The quantitative estimate of drug-likeness (QED) is 0.742. The molecule has 88 valence electrons. The summed E-state index contributed by atoms with van der Waals surface area (Å²) in [5.41, 5.74) is -0.140. The first-order chi connectivity index (χ1) is 7.57. The molecule has 1 aromatic rings. The van der Waals surface area contributed by atoms with Gasteiger partial charge in [0.25, 0.3) is 0 Å². The number of alkyl halides is 1. The maximum absolute atomic E-state index is 14.4. The second-order valence-corrected chi connectivity index (χ2v) is 5.01. The normalized spacial score (nSPS) is 20.9. The van der Waals surface area contributed by atoms with Crippen LogP contribution in [0.2, 0.25) is 5.15 Å². The van der Waals surface area contributed by atoms with Crippen LogP contribution in [0, 0.1) is 0 Å². The summed E-state index contributed by atoms with van der Waals surface area (Å²) < 4.78 is 14.4. The Morgan fingerprint density at radius 2 is 2.12 bits per heavy atom. The standard InChI is InChI=1S/C12H16ClFN2/c1-16-6-4-12(14,5-7-16)8-10-2-3-11(13)15-9-10/h2-3,9H,4-8H2,1H3. The maximum Gasteiger partial charge on any atom is 0.129 e. The van der Waals surface area contributed by atoms with E-state index in [0.717, 1.165) is 18.7 Å². The van der Waals surface area contributed by atoms with Crippen LogP contribution < -0.4 is 0 Å². The van der Waals surface area contributed by atoms with Gasteiger partial charge in [0, 0.05) is 25.7 Å². The molecule has 0 aromatic carbocycles. The molecule has 0 aliphatic carbocycles. The maximum atomic E-state index is 14.4. The van der Waals surface area contributed by atoms with E-state index >= 15 is 0 Å². The van der Waals surface area contributed by atoms with Crippen molar-refractivity contribution in [2.24, 2.45) is 0 Å². The van der Waals surface area contributed by atoms with E-state index in [0.29, 0.717) is 24.4 Å². The van der Waals surface area contributed by atoms with Crippen molar-refractivity contribution in [1.29, 1.82) is 0 Å². The highest BCUT2D eigenvalue weighted by atomic mass is 35.5. The fraction of sp³-hybridized carbons (Fsp3) is 0.583. The molecule has 0 N–H and O–H groups in total. The smallest absolute Gasteiger partial charge is 0.129 e. The second-order valence-electron chi connectivity index (χ2n) is 4.62. The van der Waals surface area contributed by atoms with Crippen LogP contribution in [-0.4, -0.2) is 35.7 Å². The Balaban J connectivity index is 2.00. The summed E-state index contributed by atoms with van der Waals surface area (Å²) in [6, 6.07) is 3.57. The van der Waals surface area contributed by atoms with Gasteiger partial charge < -0.3 is 4.90 Å².